The minimum atomic E-state index is 0.799. The maximum Gasteiger partial charge on any atom is 0.353 e. The fourth-order valence-electron chi connectivity index (χ4n) is 6.25. The highest BCUT2D eigenvalue weighted by Crippen LogP contribution is 2.21. The Morgan fingerprint density at radius 3 is 1.85 bits per heavy atom. The molecule has 0 N–H and O–H groups in total. The van der Waals surface area contributed by atoms with Crippen molar-refractivity contribution in [2.24, 2.45) is 12.0 Å². The summed E-state index contributed by atoms with van der Waals surface area (Å²) in [5.74, 6) is 5.27. The number of allylic oxidation sites excluding steroid dienone is 1. The molecule has 52 heavy (non-hydrogen) atoms. The SMILES string of the molecule is CC1=CN2C(=NC(C)=[N+]=C2C)N1C.Cc1cc(C)n2nc(C)c(C)c2n1.Cc1nc(C)c2c(C)cn(C)c2n1.Cc1nc(C)n2nc(C)c(C)c2n1. The van der Waals surface area contributed by atoms with E-state index in [0.717, 1.165) is 86.1 Å². The van der Waals surface area contributed by atoms with E-state index in [1.807, 2.05) is 117 Å². The molecular formula is C38H51N14+. The number of aliphatic imine (C=N–C) groups is 1. The van der Waals surface area contributed by atoms with Crippen molar-refractivity contribution in [1.29, 1.82) is 0 Å². The average molecular weight is 704 g/mol. The van der Waals surface area contributed by atoms with Crippen molar-refractivity contribution in [3.63, 3.8) is 0 Å². The van der Waals surface area contributed by atoms with Gasteiger partial charge >= 0.3 is 11.8 Å². The van der Waals surface area contributed by atoms with Crippen LogP contribution in [0.3, 0.4) is 0 Å². The molecular weight excluding hydrogens is 653 g/mol. The van der Waals surface area contributed by atoms with Gasteiger partial charge in [-0.3, -0.25) is 4.90 Å². The Hall–Kier alpha value is -5.75. The Morgan fingerprint density at radius 2 is 1.19 bits per heavy atom. The summed E-state index contributed by atoms with van der Waals surface area (Å²) in [7, 11) is 4.03. The summed E-state index contributed by atoms with van der Waals surface area (Å²) in [6.45, 7) is 28.0. The molecule has 0 atom stereocenters. The van der Waals surface area contributed by atoms with Crippen LogP contribution in [0.5, 0.6) is 0 Å². The maximum atomic E-state index is 4.46. The highest BCUT2D eigenvalue weighted by molar-refractivity contribution is 6.10. The van der Waals surface area contributed by atoms with Gasteiger partial charge < -0.3 is 4.57 Å². The Bertz CT molecular complexity index is 2380. The highest BCUT2D eigenvalue weighted by atomic mass is 15.4. The Balaban J connectivity index is 0.000000134. The van der Waals surface area contributed by atoms with E-state index < -0.39 is 0 Å². The van der Waals surface area contributed by atoms with E-state index >= 15 is 0 Å². The minimum Gasteiger partial charge on any atom is -0.335 e. The summed E-state index contributed by atoms with van der Waals surface area (Å²) in [4.78, 5) is 30.2. The van der Waals surface area contributed by atoms with Crippen molar-refractivity contribution in [1.82, 2.24) is 63.2 Å². The van der Waals surface area contributed by atoms with Gasteiger partial charge in [-0.05, 0) is 99.7 Å². The fraction of sp³-hybridized carbons (Fsp3) is 0.421. The normalized spacial score (nSPS) is 13.5. The van der Waals surface area contributed by atoms with E-state index in [-0.39, 0.29) is 0 Å². The van der Waals surface area contributed by atoms with Crippen LogP contribution in [0.4, 0.5) is 0 Å². The minimum absolute atomic E-state index is 0.799. The molecule has 14 nitrogen and oxygen atoms in total. The first-order valence-corrected chi connectivity index (χ1v) is 17.3. The Kier molecular flexibility index (Phi) is 10.4. The molecule has 272 valence electrons. The van der Waals surface area contributed by atoms with Gasteiger partial charge in [0.25, 0.3) is 5.84 Å². The van der Waals surface area contributed by atoms with Gasteiger partial charge in [-0.25, -0.2) is 38.6 Å². The molecule has 0 aromatic carbocycles. The summed E-state index contributed by atoms with van der Waals surface area (Å²) in [5.41, 5.74) is 13.0. The third kappa shape index (κ3) is 7.33. The van der Waals surface area contributed by atoms with Crippen LogP contribution in [0, 0.1) is 76.2 Å². The Labute approximate surface area is 305 Å². The zero-order valence-corrected chi connectivity index (χ0v) is 33.5. The maximum absolute atomic E-state index is 4.46. The number of hydrogen-bond donors (Lipinski definition) is 0. The average Bonchev–Trinajstić information content (AvgIpc) is 3.72. The van der Waals surface area contributed by atoms with E-state index in [2.05, 4.69) is 76.6 Å². The first-order chi connectivity index (χ1) is 24.4. The third-order valence-electron chi connectivity index (χ3n) is 9.18. The molecule has 0 unspecified atom stereocenters. The van der Waals surface area contributed by atoms with Crippen molar-refractivity contribution in [3.8, 4) is 0 Å². The molecule has 0 aliphatic carbocycles. The second-order valence-corrected chi connectivity index (χ2v) is 13.5. The van der Waals surface area contributed by atoms with Gasteiger partial charge in [-0.15, -0.1) is 0 Å². The van der Waals surface area contributed by atoms with Crippen LogP contribution >= 0.6 is 0 Å². The highest BCUT2D eigenvalue weighted by Gasteiger charge is 2.35. The Morgan fingerprint density at radius 1 is 0.615 bits per heavy atom. The first-order valence-electron chi connectivity index (χ1n) is 17.3. The number of guanidine groups is 1. The van der Waals surface area contributed by atoms with Gasteiger partial charge in [-0.2, -0.15) is 15.1 Å². The number of amidine groups is 2. The number of rotatable bonds is 0. The van der Waals surface area contributed by atoms with E-state index in [0.29, 0.717) is 0 Å². The molecule has 0 spiro atoms. The van der Waals surface area contributed by atoms with Crippen LogP contribution in [0.25, 0.3) is 22.3 Å². The molecule has 0 saturated heterocycles. The summed E-state index contributed by atoms with van der Waals surface area (Å²) in [5, 5.41) is 9.94. The van der Waals surface area contributed by atoms with Crippen molar-refractivity contribution >= 4 is 40.0 Å². The smallest absolute Gasteiger partial charge is 0.335 e. The van der Waals surface area contributed by atoms with Crippen molar-refractivity contribution in [2.45, 2.75) is 96.9 Å². The molecule has 0 fully saturated rings. The monoisotopic (exact) mass is 703 g/mol. The number of aromatic nitrogens is 10. The van der Waals surface area contributed by atoms with Crippen LogP contribution < -0.4 is 4.67 Å². The standard InChI is InChI=1S/2C10H13N3.C9H13N4.C9H12N4/c1-6-5-13(4)10-9(6)7(2)11-8(3)12-10;1-6-5-7(2)13-10(11-6)8(3)9(4)12-13;1-6-5-13-8(3)10-7(2)11-9(13)12(6)4;1-5-6(2)12-13-8(4)10-7(3)11-9(5)13/h3*5H,1-4H3;1-4H3/q;;+1;. The number of aryl methyl sites for hydroxylation is 12. The molecule has 0 bridgehead atoms. The summed E-state index contributed by atoms with van der Waals surface area (Å²) in [6.07, 6.45) is 4.13. The summed E-state index contributed by atoms with van der Waals surface area (Å²) < 4.78 is 10.0. The summed E-state index contributed by atoms with van der Waals surface area (Å²) >= 11 is 0. The van der Waals surface area contributed by atoms with Crippen LogP contribution in [-0.2, 0) is 7.05 Å². The lowest BCUT2D eigenvalue weighted by atomic mass is 10.2. The van der Waals surface area contributed by atoms with Crippen LogP contribution in [0.2, 0.25) is 0 Å². The lowest BCUT2D eigenvalue weighted by molar-refractivity contribution is 0.613. The molecule has 8 heterocycles. The number of hydrogen-bond acceptors (Lipinski definition) is 10. The quantitative estimate of drug-likeness (QED) is 0.186. The number of nitrogens with zero attached hydrogens (tertiary/aromatic N) is 14. The van der Waals surface area contributed by atoms with Crippen molar-refractivity contribution in [3.05, 3.63) is 86.8 Å². The molecule has 0 saturated carbocycles. The topological polar surface area (TPSA) is 137 Å². The second-order valence-electron chi connectivity index (χ2n) is 13.5. The third-order valence-corrected chi connectivity index (χ3v) is 9.18. The summed E-state index contributed by atoms with van der Waals surface area (Å²) in [6, 6.07) is 2.04. The molecule has 0 radical (unpaired) electrons. The second kappa shape index (κ2) is 14.5. The zero-order valence-electron chi connectivity index (χ0n) is 33.5. The molecule has 8 rings (SSSR count). The molecule has 0 amide bonds. The number of fused-ring (bicyclic) bond motifs is 4. The van der Waals surface area contributed by atoms with Crippen LogP contribution in [-0.4, -0.2) is 83.2 Å². The zero-order chi connectivity index (χ0) is 38.3. The predicted octanol–water partition coefficient (Wildman–Crippen LogP) is 5.58. The fourth-order valence-corrected chi connectivity index (χ4v) is 6.25. The van der Waals surface area contributed by atoms with Gasteiger partial charge in [0.1, 0.15) is 23.1 Å². The van der Waals surface area contributed by atoms with Gasteiger partial charge in [0.05, 0.1) is 29.0 Å². The van der Waals surface area contributed by atoms with Gasteiger partial charge in [0.2, 0.25) is 0 Å². The molecule has 6 aromatic rings. The van der Waals surface area contributed by atoms with Crippen LogP contribution in [0.1, 0.15) is 83.4 Å². The van der Waals surface area contributed by atoms with Crippen molar-refractivity contribution in [2.75, 3.05) is 7.05 Å². The predicted molar refractivity (Wildman–Crippen MR) is 209 cm³/mol. The van der Waals surface area contributed by atoms with E-state index in [1.165, 1.54) is 22.2 Å². The molecule has 14 heteroatoms. The van der Waals surface area contributed by atoms with E-state index in [9.17, 15) is 0 Å². The lowest BCUT2D eigenvalue weighted by Gasteiger charge is -2.13. The first kappa shape index (κ1) is 37.5. The van der Waals surface area contributed by atoms with Gasteiger partial charge in [0, 0.05) is 62.0 Å². The van der Waals surface area contributed by atoms with Crippen LogP contribution in [0.15, 0.2) is 29.2 Å². The lowest BCUT2D eigenvalue weighted by Crippen LogP contribution is -2.39. The molecule has 6 aromatic heterocycles. The van der Waals surface area contributed by atoms with E-state index in [1.54, 1.807) is 4.52 Å². The molecule has 2 aliphatic heterocycles. The largest absolute Gasteiger partial charge is 0.353 e. The molecule has 2 aliphatic rings. The van der Waals surface area contributed by atoms with Gasteiger partial charge in [-0.1, -0.05) is 0 Å². The van der Waals surface area contributed by atoms with Gasteiger partial charge in [0.15, 0.2) is 11.3 Å². The van der Waals surface area contributed by atoms with Crippen molar-refractivity contribution < 1.29 is 0 Å². The van der Waals surface area contributed by atoms with E-state index in [4.69, 9.17) is 0 Å².